The number of amides is 1. The molecule has 0 N–H and O–H groups in total. The highest BCUT2D eigenvalue weighted by molar-refractivity contribution is 7.99. The van der Waals surface area contributed by atoms with E-state index >= 15 is 0 Å². The largest absolute Gasteiger partial charge is 0.497 e. The van der Waals surface area contributed by atoms with E-state index in [1.165, 1.54) is 0 Å². The van der Waals surface area contributed by atoms with Crippen molar-refractivity contribution in [3.8, 4) is 5.75 Å². The number of rotatable bonds is 3. The second-order valence-electron chi connectivity index (χ2n) is 5.81. The van der Waals surface area contributed by atoms with Crippen molar-refractivity contribution in [1.82, 2.24) is 4.90 Å². The number of methoxy groups -OCH3 is 1. The molecule has 2 aliphatic rings. The number of hydrogen-bond acceptors (Lipinski definition) is 4. The Kier molecular flexibility index (Phi) is 4.35. The fourth-order valence-corrected chi connectivity index (χ4v) is 5.19. The molecule has 0 saturated carbocycles. The van der Waals surface area contributed by atoms with Gasteiger partial charge in [0.15, 0.2) is 5.11 Å². The highest BCUT2D eigenvalue weighted by atomic mass is 35.5. The van der Waals surface area contributed by atoms with Gasteiger partial charge in [0.1, 0.15) is 17.2 Å². The maximum absolute atomic E-state index is 12.9. The van der Waals surface area contributed by atoms with Crippen LogP contribution in [0.2, 0.25) is 5.02 Å². The van der Waals surface area contributed by atoms with E-state index in [-0.39, 0.29) is 17.3 Å². The number of ether oxygens (including phenoxy) is 1. The average molecular weight is 391 g/mol. The van der Waals surface area contributed by atoms with Crippen LogP contribution in [0.3, 0.4) is 0 Å². The lowest BCUT2D eigenvalue weighted by atomic mass is 10.2. The minimum absolute atomic E-state index is 0.0239. The Morgan fingerprint density at radius 1 is 1.16 bits per heavy atom. The van der Waals surface area contributed by atoms with Crippen LogP contribution in [-0.2, 0) is 4.79 Å². The molecule has 2 fully saturated rings. The molecular formula is C18H15ClN2O2S2. The van der Waals surface area contributed by atoms with Gasteiger partial charge in [0.2, 0.25) is 0 Å². The van der Waals surface area contributed by atoms with Crippen molar-refractivity contribution >= 4 is 52.3 Å². The molecule has 7 heteroatoms. The Bertz CT molecular complexity index is 826. The van der Waals surface area contributed by atoms with Crippen LogP contribution in [0.25, 0.3) is 0 Å². The lowest BCUT2D eigenvalue weighted by Gasteiger charge is -2.25. The number of thioether (sulfide) groups is 1. The zero-order valence-corrected chi connectivity index (χ0v) is 15.8. The zero-order chi connectivity index (χ0) is 17.6. The molecule has 0 aromatic heterocycles. The normalized spacial score (nSPS) is 22.5. The summed E-state index contributed by atoms with van der Waals surface area (Å²) in [6.07, 6.45) is 0. The minimum atomic E-state index is -0.222. The summed E-state index contributed by atoms with van der Waals surface area (Å²) in [5.74, 6) is 1.56. The number of halogens is 1. The standard InChI is InChI=1S/C18H15ClN2O2S2/c1-23-14-8-2-11(3-9-14)17-21-15(10-25-17)16(22)20(18(21)24)13-6-4-12(19)5-7-13/h2-9,15,17H,10H2,1H3/t15-,17-/m0/s1. The van der Waals surface area contributed by atoms with Crippen molar-refractivity contribution < 1.29 is 9.53 Å². The minimum Gasteiger partial charge on any atom is -0.497 e. The van der Waals surface area contributed by atoms with Crippen molar-refractivity contribution in [1.29, 1.82) is 0 Å². The second kappa shape index (κ2) is 6.52. The summed E-state index contributed by atoms with van der Waals surface area (Å²) < 4.78 is 5.22. The summed E-state index contributed by atoms with van der Waals surface area (Å²) in [6.45, 7) is 0. The number of fused-ring (bicyclic) bond motifs is 1. The van der Waals surface area contributed by atoms with Gasteiger partial charge in [0, 0.05) is 10.8 Å². The first-order valence-corrected chi connectivity index (χ1v) is 9.61. The number of carbonyl (C=O) groups excluding carboxylic acids is 1. The molecular weight excluding hydrogens is 376 g/mol. The van der Waals surface area contributed by atoms with Crippen molar-refractivity contribution in [3.05, 3.63) is 59.1 Å². The van der Waals surface area contributed by atoms with E-state index in [1.807, 2.05) is 41.3 Å². The molecule has 25 heavy (non-hydrogen) atoms. The molecule has 128 valence electrons. The monoisotopic (exact) mass is 390 g/mol. The molecule has 4 nitrogen and oxygen atoms in total. The van der Waals surface area contributed by atoms with Gasteiger partial charge < -0.3 is 9.64 Å². The molecule has 2 saturated heterocycles. The average Bonchev–Trinajstić information content (AvgIpc) is 3.17. The fourth-order valence-electron chi connectivity index (χ4n) is 3.14. The molecule has 2 aliphatic heterocycles. The smallest absolute Gasteiger partial charge is 0.257 e. The highest BCUT2D eigenvalue weighted by Crippen LogP contribution is 2.46. The topological polar surface area (TPSA) is 32.8 Å². The van der Waals surface area contributed by atoms with Gasteiger partial charge in [-0.2, -0.15) is 0 Å². The van der Waals surface area contributed by atoms with Gasteiger partial charge in [-0.1, -0.05) is 23.7 Å². The Balaban J connectivity index is 1.65. The van der Waals surface area contributed by atoms with E-state index in [0.717, 1.165) is 22.8 Å². The molecule has 2 aromatic carbocycles. The maximum atomic E-state index is 12.9. The second-order valence-corrected chi connectivity index (χ2v) is 7.73. The Morgan fingerprint density at radius 3 is 2.48 bits per heavy atom. The van der Waals surface area contributed by atoms with E-state index in [9.17, 15) is 4.79 Å². The van der Waals surface area contributed by atoms with Gasteiger partial charge in [-0.15, -0.1) is 11.8 Å². The lowest BCUT2D eigenvalue weighted by molar-refractivity contribution is -0.119. The molecule has 0 bridgehead atoms. The van der Waals surface area contributed by atoms with Crippen LogP contribution in [0.4, 0.5) is 5.69 Å². The number of thiocarbonyl (C=S) groups is 1. The molecule has 0 radical (unpaired) electrons. The zero-order valence-electron chi connectivity index (χ0n) is 13.4. The van der Waals surface area contributed by atoms with Crippen LogP contribution in [-0.4, -0.2) is 34.8 Å². The third kappa shape index (κ3) is 2.78. The SMILES string of the molecule is COc1ccc([C@@H]2SC[C@H]3C(=O)N(c4ccc(Cl)cc4)C(=S)N32)cc1. The van der Waals surface area contributed by atoms with Gasteiger partial charge in [-0.3, -0.25) is 9.69 Å². The molecule has 0 unspecified atom stereocenters. The molecule has 2 aromatic rings. The van der Waals surface area contributed by atoms with Gasteiger partial charge in [-0.05, 0) is 54.2 Å². The number of carbonyl (C=O) groups is 1. The molecule has 0 spiro atoms. The van der Waals surface area contributed by atoms with Crippen LogP contribution in [0.5, 0.6) is 5.75 Å². The van der Waals surface area contributed by atoms with Crippen LogP contribution in [0, 0.1) is 0 Å². The fraction of sp³-hybridized carbons (Fsp3) is 0.222. The van der Waals surface area contributed by atoms with E-state index in [1.54, 1.807) is 35.9 Å². The van der Waals surface area contributed by atoms with E-state index < -0.39 is 0 Å². The van der Waals surface area contributed by atoms with E-state index in [4.69, 9.17) is 28.6 Å². The van der Waals surface area contributed by atoms with Crippen molar-refractivity contribution in [2.24, 2.45) is 0 Å². The molecule has 2 atom stereocenters. The summed E-state index contributed by atoms with van der Waals surface area (Å²) >= 11 is 13.3. The van der Waals surface area contributed by atoms with Crippen molar-refractivity contribution in [3.63, 3.8) is 0 Å². The van der Waals surface area contributed by atoms with E-state index in [2.05, 4.69) is 0 Å². The first-order valence-electron chi connectivity index (χ1n) is 7.77. The summed E-state index contributed by atoms with van der Waals surface area (Å²) in [5.41, 5.74) is 1.87. The predicted octanol–water partition coefficient (Wildman–Crippen LogP) is 4.10. The molecule has 0 aliphatic carbocycles. The first kappa shape index (κ1) is 16.7. The summed E-state index contributed by atoms with van der Waals surface area (Å²) in [7, 11) is 1.65. The van der Waals surface area contributed by atoms with Crippen molar-refractivity contribution in [2.75, 3.05) is 17.8 Å². The highest BCUT2D eigenvalue weighted by Gasteiger charge is 2.50. The van der Waals surface area contributed by atoms with Crippen molar-refractivity contribution in [2.45, 2.75) is 11.4 Å². The maximum Gasteiger partial charge on any atom is 0.257 e. The van der Waals surface area contributed by atoms with Crippen LogP contribution >= 0.6 is 35.6 Å². The number of hydrogen-bond donors (Lipinski definition) is 0. The van der Waals surface area contributed by atoms with Crippen LogP contribution in [0.15, 0.2) is 48.5 Å². The van der Waals surface area contributed by atoms with E-state index in [0.29, 0.717) is 10.1 Å². The molecule has 1 amide bonds. The number of nitrogens with zero attached hydrogens (tertiary/aromatic N) is 2. The Morgan fingerprint density at radius 2 is 1.84 bits per heavy atom. The Hall–Kier alpha value is -1.76. The van der Waals surface area contributed by atoms with Gasteiger partial charge >= 0.3 is 0 Å². The molecule has 4 rings (SSSR count). The Labute approximate surface area is 160 Å². The number of benzene rings is 2. The van der Waals surface area contributed by atoms with Gasteiger partial charge in [0.05, 0.1) is 12.8 Å². The molecule has 2 heterocycles. The summed E-state index contributed by atoms with van der Waals surface area (Å²) in [4.78, 5) is 16.5. The third-order valence-corrected chi connectivity index (χ3v) is 6.37. The third-order valence-electron chi connectivity index (χ3n) is 4.40. The number of anilines is 1. The quantitative estimate of drug-likeness (QED) is 0.737. The lowest BCUT2D eigenvalue weighted by Crippen LogP contribution is -2.33. The van der Waals surface area contributed by atoms with Gasteiger partial charge in [-0.25, -0.2) is 0 Å². The summed E-state index contributed by atoms with van der Waals surface area (Å²) in [6, 6.07) is 14.9. The van der Waals surface area contributed by atoms with Crippen LogP contribution in [0.1, 0.15) is 10.9 Å². The van der Waals surface area contributed by atoms with Crippen LogP contribution < -0.4 is 9.64 Å². The first-order chi connectivity index (χ1) is 12.1. The predicted molar refractivity (Wildman–Crippen MR) is 105 cm³/mol. The van der Waals surface area contributed by atoms with Gasteiger partial charge in [0.25, 0.3) is 5.91 Å². The summed E-state index contributed by atoms with van der Waals surface area (Å²) in [5, 5.41) is 1.21.